The van der Waals surface area contributed by atoms with Crippen LogP contribution in [0.1, 0.15) is 43.7 Å². The number of amidine groups is 1. The second kappa shape index (κ2) is 12.7. The van der Waals surface area contributed by atoms with Crippen molar-refractivity contribution >= 4 is 27.5 Å². The van der Waals surface area contributed by atoms with Gasteiger partial charge in [0.2, 0.25) is 5.91 Å². The van der Waals surface area contributed by atoms with Crippen LogP contribution in [0.15, 0.2) is 59.5 Å². The SMILES string of the molecule is CCOC(=O)CC(CS(=O)(=O)c1ccccc1)NC(=O)CCCCc1ccc(C(=N)N)cc1. The summed E-state index contributed by atoms with van der Waals surface area (Å²) in [5.74, 6) is -1.23. The Morgan fingerprint density at radius 3 is 2.33 bits per heavy atom. The number of benzene rings is 2. The molecule has 4 N–H and O–H groups in total. The molecule has 0 heterocycles. The second-order valence-corrected chi connectivity index (χ2v) is 9.72. The van der Waals surface area contributed by atoms with Crippen molar-refractivity contribution in [3.05, 3.63) is 65.7 Å². The maximum absolute atomic E-state index is 12.7. The Hall–Kier alpha value is -3.20. The number of ether oxygens (including phenoxy) is 1. The minimum absolute atomic E-state index is 0.0184. The van der Waals surface area contributed by atoms with Crippen molar-refractivity contribution in [3.8, 4) is 0 Å². The fourth-order valence-corrected chi connectivity index (χ4v) is 4.82. The lowest BCUT2D eigenvalue weighted by molar-refractivity contribution is -0.143. The predicted molar refractivity (Wildman–Crippen MR) is 127 cm³/mol. The van der Waals surface area contributed by atoms with Crippen molar-refractivity contribution in [2.24, 2.45) is 5.73 Å². The average molecular weight is 474 g/mol. The van der Waals surface area contributed by atoms with Gasteiger partial charge in [0, 0.05) is 12.0 Å². The van der Waals surface area contributed by atoms with E-state index < -0.39 is 21.8 Å². The number of carbonyl (C=O) groups is 2. The summed E-state index contributed by atoms with van der Waals surface area (Å²) in [7, 11) is -3.68. The first-order chi connectivity index (χ1) is 15.7. The zero-order chi connectivity index (χ0) is 24.3. The topological polar surface area (TPSA) is 139 Å². The van der Waals surface area contributed by atoms with E-state index in [1.807, 2.05) is 12.1 Å². The number of esters is 1. The summed E-state index contributed by atoms with van der Waals surface area (Å²) in [6, 6.07) is 14.5. The van der Waals surface area contributed by atoms with E-state index in [-0.39, 0.29) is 41.8 Å². The summed E-state index contributed by atoms with van der Waals surface area (Å²) < 4.78 is 30.4. The smallest absolute Gasteiger partial charge is 0.307 e. The molecule has 0 saturated carbocycles. The van der Waals surface area contributed by atoms with Crippen molar-refractivity contribution in [2.75, 3.05) is 12.4 Å². The highest BCUT2D eigenvalue weighted by Gasteiger charge is 2.25. The molecule has 0 aliphatic carbocycles. The number of sulfone groups is 1. The van der Waals surface area contributed by atoms with Crippen molar-refractivity contribution < 1.29 is 22.7 Å². The van der Waals surface area contributed by atoms with Gasteiger partial charge in [-0.2, -0.15) is 0 Å². The van der Waals surface area contributed by atoms with Gasteiger partial charge < -0.3 is 15.8 Å². The molecule has 0 aliphatic rings. The molecular formula is C24H31N3O5S. The summed E-state index contributed by atoms with van der Waals surface area (Å²) in [6.45, 7) is 1.85. The maximum atomic E-state index is 12.7. The summed E-state index contributed by atoms with van der Waals surface area (Å²) in [5.41, 5.74) is 7.19. The largest absolute Gasteiger partial charge is 0.466 e. The molecule has 0 radical (unpaired) electrons. The minimum atomic E-state index is -3.68. The third-order valence-corrected chi connectivity index (χ3v) is 6.82. The molecule has 33 heavy (non-hydrogen) atoms. The maximum Gasteiger partial charge on any atom is 0.307 e. The van der Waals surface area contributed by atoms with E-state index in [9.17, 15) is 18.0 Å². The Bertz CT molecular complexity index is 1040. The van der Waals surface area contributed by atoms with E-state index in [0.717, 1.165) is 18.4 Å². The third-order valence-electron chi connectivity index (χ3n) is 4.99. The van der Waals surface area contributed by atoms with Gasteiger partial charge in [-0.1, -0.05) is 42.5 Å². The summed E-state index contributed by atoms with van der Waals surface area (Å²) in [4.78, 5) is 24.5. The highest BCUT2D eigenvalue weighted by Crippen LogP contribution is 2.14. The average Bonchev–Trinajstić information content (AvgIpc) is 2.77. The molecule has 8 nitrogen and oxygen atoms in total. The van der Waals surface area contributed by atoms with Crippen LogP contribution in [0.5, 0.6) is 0 Å². The molecule has 178 valence electrons. The Balaban J connectivity index is 1.89. The van der Waals surface area contributed by atoms with Crippen LogP contribution in [-0.2, 0) is 30.6 Å². The normalized spacial score (nSPS) is 12.0. The number of hydrogen-bond donors (Lipinski definition) is 3. The number of nitrogens with two attached hydrogens (primary N) is 1. The fraction of sp³-hybridized carbons (Fsp3) is 0.375. The first-order valence-corrected chi connectivity index (χ1v) is 12.5. The molecular weight excluding hydrogens is 442 g/mol. The first kappa shape index (κ1) is 26.1. The van der Waals surface area contributed by atoms with Crippen LogP contribution in [0.2, 0.25) is 0 Å². The van der Waals surface area contributed by atoms with Crippen molar-refractivity contribution in [1.29, 1.82) is 5.41 Å². The molecule has 9 heteroatoms. The fourth-order valence-electron chi connectivity index (χ4n) is 3.33. The predicted octanol–water partition coefficient (Wildman–Crippen LogP) is 2.60. The van der Waals surface area contributed by atoms with E-state index in [1.54, 1.807) is 37.3 Å². The standard InChI is InChI=1S/C24H31N3O5S/c1-2-32-23(29)16-20(17-33(30,31)21-9-4-3-5-10-21)27-22(28)11-7-6-8-18-12-14-19(15-13-18)24(25)26/h3-5,9-10,12-15,20H,2,6-8,11,16-17H2,1H3,(H3,25,26)(H,27,28). The molecule has 1 unspecified atom stereocenters. The lowest BCUT2D eigenvalue weighted by atomic mass is 10.0. The van der Waals surface area contributed by atoms with Gasteiger partial charge in [0.25, 0.3) is 0 Å². The van der Waals surface area contributed by atoms with Gasteiger partial charge in [-0.05, 0) is 43.9 Å². The van der Waals surface area contributed by atoms with E-state index in [2.05, 4.69) is 5.32 Å². The summed E-state index contributed by atoms with van der Waals surface area (Å²) in [5, 5.41) is 10.1. The first-order valence-electron chi connectivity index (χ1n) is 10.9. The van der Waals surface area contributed by atoms with Crippen LogP contribution < -0.4 is 11.1 Å². The molecule has 0 aliphatic heterocycles. The van der Waals surface area contributed by atoms with Crippen LogP contribution in [0.25, 0.3) is 0 Å². The zero-order valence-electron chi connectivity index (χ0n) is 18.8. The van der Waals surface area contributed by atoms with Gasteiger partial charge in [0.15, 0.2) is 9.84 Å². The second-order valence-electron chi connectivity index (χ2n) is 7.69. The van der Waals surface area contributed by atoms with Crippen molar-refractivity contribution in [3.63, 3.8) is 0 Å². The number of hydrogen-bond acceptors (Lipinski definition) is 6. The molecule has 0 bridgehead atoms. The van der Waals surface area contributed by atoms with E-state index in [1.165, 1.54) is 12.1 Å². The Morgan fingerprint density at radius 1 is 1.06 bits per heavy atom. The van der Waals surface area contributed by atoms with Crippen molar-refractivity contribution in [2.45, 2.75) is 50.0 Å². The summed E-state index contributed by atoms with van der Waals surface area (Å²) >= 11 is 0. The highest BCUT2D eigenvalue weighted by atomic mass is 32.2. The minimum Gasteiger partial charge on any atom is -0.466 e. The van der Waals surface area contributed by atoms with Crippen LogP contribution in [0, 0.1) is 5.41 Å². The number of nitrogen functional groups attached to an aromatic ring is 1. The number of rotatable bonds is 13. The molecule has 2 aromatic rings. The number of nitrogens with one attached hydrogen (secondary N) is 2. The van der Waals surface area contributed by atoms with Gasteiger partial charge in [-0.15, -0.1) is 0 Å². The van der Waals surface area contributed by atoms with Gasteiger partial charge in [0.1, 0.15) is 5.84 Å². The van der Waals surface area contributed by atoms with Crippen LogP contribution in [0.3, 0.4) is 0 Å². The molecule has 2 aromatic carbocycles. The molecule has 1 atom stereocenters. The molecule has 2 rings (SSSR count). The Morgan fingerprint density at radius 2 is 1.73 bits per heavy atom. The lowest BCUT2D eigenvalue weighted by Crippen LogP contribution is -2.41. The number of aryl methyl sites for hydroxylation is 1. The van der Waals surface area contributed by atoms with E-state index in [0.29, 0.717) is 12.0 Å². The van der Waals surface area contributed by atoms with Crippen molar-refractivity contribution in [1.82, 2.24) is 5.32 Å². The van der Waals surface area contributed by atoms with E-state index in [4.69, 9.17) is 15.9 Å². The van der Waals surface area contributed by atoms with Gasteiger partial charge >= 0.3 is 5.97 Å². The van der Waals surface area contributed by atoms with Gasteiger partial charge in [-0.25, -0.2) is 8.42 Å². The van der Waals surface area contributed by atoms with Crippen LogP contribution in [-0.4, -0.2) is 44.5 Å². The molecule has 0 fully saturated rings. The Kier molecular flexibility index (Phi) is 10.1. The number of unbranched alkanes of at least 4 members (excludes halogenated alkanes) is 1. The summed E-state index contributed by atoms with van der Waals surface area (Å²) in [6.07, 6.45) is 2.14. The number of amides is 1. The molecule has 0 aromatic heterocycles. The lowest BCUT2D eigenvalue weighted by Gasteiger charge is -2.18. The third kappa shape index (κ3) is 9.05. The van der Waals surface area contributed by atoms with Gasteiger partial charge in [0.05, 0.1) is 29.7 Å². The molecule has 1 amide bonds. The quantitative estimate of drug-likeness (QED) is 0.177. The Labute approximate surface area is 195 Å². The number of carbonyl (C=O) groups excluding carboxylic acids is 2. The highest BCUT2D eigenvalue weighted by molar-refractivity contribution is 7.91. The van der Waals surface area contributed by atoms with Gasteiger partial charge in [-0.3, -0.25) is 15.0 Å². The van der Waals surface area contributed by atoms with Crippen LogP contribution >= 0.6 is 0 Å². The molecule has 0 spiro atoms. The monoisotopic (exact) mass is 473 g/mol. The van der Waals surface area contributed by atoms with Crippen LogP contribution in [0.4, 0.5) is 0 Å². The molecule has 0 saturated heterocycles. The van der Waals surface area contributed by atoms with E-state index >= 15 is 0 Å². The zero-order valence-corrected chi connectivity index (χ0v) is 19.6.